The Balaban J connectivity index is 1.87. The molecule has 0 saturated carbocycles. The number of rotatable bonds is 5. The zero-order chi connectivity index (χ0) is 15.9. The highest BCUT2D eigenvalue weighted by Gasteiger charge is 2.06. The average Bonchev–Trinajstić information content (AvgIpc) is 2.50. The molecular formula is C17H20ClN3O. The van der Waals surface area contributed by atoms with Crippen molar-refractivity contribution in [1.82, 2.24) is 0 Å². The molecule has 116 valence electrons. The van der Waals surface area contributed by atoms with E-state index in [9.17, 15) is 0 Å². The number of ether oxygens (including phenoxy) is 1. The Hall–Kier alpha value is -2.20. The van der Waals surface area contributed by atoms with Crippen LogP contribution in [-0.2, 0) is 0 Å². The quantitative estimate of drug-likeness (QED) is 0.650. The fourth-order valence-electron chi connectivity index (χ4n) is 1.85. The molecule has 1 atom stereocenters. The molecule has 4 nitrogen and oxygen atoms in total. The predicted molar refractivity (Wildman–Crippen MR) is 92.8 cm³/mol. The number of anilines is 1. The lowest BCUT2D eigenvalue weighted by molar-refractivity contribution is 0.230. The van der Waals surface area contributed by atoms with Gasteiger partial charge in [-0.3, -0.25) is 0 Å². The summed E-state index contributed by atoms with van der Waals surface area (Å²) in [4.78, 5) is 4.28. The maximum absolute atomic E-state index is 6.05. The number of aryl methyl sites for hydroxylation is 1. The normalized spacial score (nSPS) is 12.8. The third kappa shape index (κ3) is 4.97. The van der Waals surface area contributed by atoms with Gasteiger partial charge in [-0.25, -0.2) is 4.99 Å². The molecule has 0 aliphatic carbocycles. The van der Waals surface area contributed by atoms with Gasteiger partial charge in [0.25, 0.3) is 0 Å². The molecule has 0 spiro atoms. The molecule has 0 saturated heterocycles. The molecule has 0 fully saturated rings. The summed E-state index contributed by atoms with van der Waals surface area (Å²) in [7, 11) is 0. The van der Waals surface area contributed by atoms with Gasteiger partial charge in [-0.2, -0.15) is 0 Å². The zero-order valence-electron chi connectivity index (χ0n) is 12.7. The van der Waals surface area contributed by atoms with E-state index in [-0.39, 0.29) is 6.10 Å². The molecule has 0 amide bonds. The third-order valence-corrected chi connectivity index (χ3v) is 3.32. The second-order valence-electron chi connectivity index (χ2n) is 5.08. The highest BCUT2D eigenvalue weighted by Crippen LogP contribution is 2.24. The molecule has 2 aromatic rings. The Morgan fingerprint density at radius 3 is 2.59 bits per heavy atom. The number of nitrogens with one attached hydrogen (secondary N) is 1. The van der Waals surface area contributed by atoms with Crippen LogP contribution in [0.15, 0.2) is 53.5 Å². The molecule has 5 heteroatoms. The molecule has 0 heterocycles. The van der Waals surface area contributed by atoms with E-state index < -0.39 is 0 Å². The van der Waals surface area contributed by atoms with Crippen molar-refractivity contribution >= 4 is 23.2 Å². The van der Waals surface area contributed by atoms with Crippen LogP contribution in [0.4, 0.5) is 5.69 Å². The Bertz CT molecular complexity index is 641. The molecule has 1 unspecified atom stereocenters. The molecule has 0 radical (unpaired) electrons. The van der Waals surface area contributed by atoms with Gasteiger partial charge in [0.1, 0.15) is 11.9 Å². The van der Waals surface area contributed by atoms with Crippen LogP contribution in [0.1, 0.15) is 12.5 Å². The fourth-order valence-corrected chi connectivity index (χ4v) is 2.03. The topological polar surface area (TPSA) is 59.6 Å². The fraction of sp³-hybridized carbons (Fsp3) is 0.235. The molecule has 3 N–H and O–H groups in total. The third-order valence-electron chi connectivity index (χ3n) is 3.01. The molecule has 22 heavy (non-hydrogen) atoms. The van der Waals surface area contributed by atoms with Gasteiger partial charge in [0, 0.05) is 5.69 Å². The minimum absolute atomic E-state index is 0.127. The maximum Gasteiger partial charge on any atom is 0.193 e. The Kier molecular flexibility index (Phi) is 5.67. The van der Waals surface area contributed by atoms with E-state index in [1.807, 2.05) is 56.3 Å². The Morgan fingerprint density at radius 1 is 1.23 bits per heavy atom. The van der Waals surface area contributed by atoms with Gasteiger partial charge >= 0.3 is 0 Å². The van der Waals surface area contributed by atoms with Crippen molar-refractivity contribution in [3.63, 3.8) is 0 Å². The standard InChI is InChI=1S/C17H20ClN3O/c1-12-7-9-14(10-8-12)21-17(19)20-11-13(2)22-16-6-4-3-5-15(16)18/h3-10,13H,11H2,1-2H3,(H3,19,20,21). The van der Waals surface area contributed by atoms with E-state index in [4.69, 9.17) is 22.1 Å². The number of nitrogens with zero attached hydrogens (tertiary/aromatic N) is 1. The summed E-state index contributed by atoms with van der Waals surface area (Å²) in [5.74, 6) is 1.01. The zero-order valence-corrected chi connectivity index (χ0v) is 13.5. The molecule has 0 aromatic heterocycles. The summed E-state index contributed by atoms with van der Waals surface area (Å²) in [5, 5.41) is 3.63. The van der Waals surface area contributed by atoms with Crippen LogP contribution in [0, 0.1) is 6.92 Å². The number of para-hydroxylation sites is 1. The smallest absolute Gasteiger partial charge is 0.193 e. The number of hydrogen-bond acceptors (Lipinski definition) is 2. The second kappa shape index (κ2) is 7.71. The van der Waals surface area contributed by atoms with Crippen molar-refractivity contribution in [2.24, 2.45) is 10.7 Å². The lowest BCUT2D eigenvalue weighted by Gasteiger charge is -2.14. The molecule has 0 aliphatic heterocycles. The molecule has 2 rings (SSSR count). The summed E-state index contributed by atoms with van der Waals surface area (Å²) < 4.78 is 5.74. The van der Waals surface area contributed by atoms with Crippen LogP contribution < -0.4 is 15.8 Å². The first-order valence-corrected chi connectivity index (χ1v) is 7.47. The van der Waals surface area contributed by atoms with Gasteiger partial charge in [-0.05, 0) is 38.1 Å². The van der Waals surface area contributed by atoms with E-state index in [1.54, 1.807) is 6.07 Å². The van der Waals surface area contributed by atoms with Crippen LogP contribution in [0.3, 0.4) is 0 Å². The number of benzene rings is 2. The number of nitrogens with two attached hydrogens (primary N) is 1. The Morgan fingerprint density at radius 2 is 1.91 bits per heavy atom. The van der Waals surface area contributed by atoms with Crippen LogP contribution in [-0.4, -0.2) is 18.6 Å². The van der Waals surface area contributed by atoms with Gasteiger partial charge < -0.3 is 15.8 Å². The van der Waals surface area contributed by atoms with Gasteiger partial charge in [-0.15, -0.1) is 0 Å². The molecule has 2 aromatic carbocycles. The van der Waals surface area contributed by atoms with Crippen molar-refractivity contribution in [3.8, 4) is 5.75 Å². The number of halogens is 1. The van der Waals surface area contributed by atoms with E-state index in [0.717, 1.165) is 5.69 Å². The van der Waals surface area contributed by atoms with Crippen molar-refractivity contribution < 1.29 is 4.74 Å². The van der Waals surface area contributed by atoms with E-state index in [1.165, 1.54) is 5.56 Å². The van der Waals surface area contributed by atoms with Gasteiger partial charge in [-0.1, -0.05) is 41.4 Å². The van der Waals surface area contributed by atoms with Gasteiger partial charge in [0.05, 0.1) is 11.6 Å². The number of aliphatic imine (C=N–C) groups is 1. The monoisotopic (exact) mass is 317 g/mol. The van der Waals surface area contributed by atoms with Crippen LogP contribution in [0.25, 0.3) is 0 Å². The predicted octanol–water partition coefficient (Wildman–Crippen LogP) is 3.84. The minimum Gasteiger partial charge on any atom is -0.487 e. The van der Waals surface area contributed by atoms with E-state index >= 15 is 0 Å². The summed E-state index contributed by atoms with van der Waals surface area (Å²) in [6, 6.07) is 15.3. The highest BCUT2D eigenvalue weighted by atomic mass is 35.5. The lowest BCUT2D eigenvalue weighted by atomic mass is 10.2. The van der Waals surface area contributed by atoms with E-state index in [2.05, 4.69) is 10.3 Å². The summed E-state index contributed by atoms with van der Waals surface area (Å²) in [6.45, 7) is 4.40. The van der Waals surface area contributed by atoms with Crippen LogP contribution in [0.5, 0.6) is 5.75 Å². The maximum atomic E-state index is 6.05. The highest BCUT2D eigenvalue weighted by molar-refractivity contribution is 6.32. The molecular weight excluding hydrogens is 298 g/mol. The van der Waals surface area contributed by atoms with Crippen molar-refractivity contribution in [2.75, 3.05) is 11.9 Å². The van der Waals surface area contributed by atoms with Crippen molar-refractivity contribution in [3.05, 3.63) is 59.1 Å². The van der Waals surface area contributed by atoms with Crippen LogP contribution >= 0.6 is 11.6 Å². The minimum atomic E-state index is -0.127. The summed E-state index contributed by atoms with van der Waals surface area (Å²) in [5.41, 5.74) is 7.98. The number of hydrogen-bond donors (Lipinski definition) is 2. The summed E-state index contributed by atoms with van der Waals surface area (Å²) >= 11 is 6.05. The first-order chi connectivity index (χ1) is 10.5. The molecule has 0 bridgehead atoms. The SMILES string of the molecule is Cc1ccc(NC(N)=NCC(C)Oc2ccccc2Cl)cc1. The Labute approximate surface area is 136 Å². The van der Waals surface area contributed by atoms with E-state index in [0.29, 0.717) is 23.3 Å². The largest absolute Gasteiger partial charge is 0.487 e. The lowest BCUT2D eigenvalue weighted by Crippen LogP contribution is -2.25. The first kappa shape index (κ1) is 16.2. The van der Waals surface area contributed by atoms with Crippen LogP contribution in [0.2, 0.25) is 5.02 Å². The first-order valence-electron chi connectivity index (χ1n) is 7.09. The van der Waals surface area contributed by atoms with Crippen molar-refractivity contribution in [1.29, 1.82) is 0 Å². The van der Waals surface area contributed by atoms with Crippen molar-refractivity contribution in [2.45, 2.75) is 20.0 Å². The van der Waals surface area contributed by atoms with Gasteiger partial charge in [0.2, 0.25) is 0 Å². The average molecular weight is 318 g/mol. The number of guanidine groups is 1. The van der Waals surface area contributed by atoms with Gasteiger partial charge in [0.15, 0.2) is 5.96 Å². The second-order valence-corrected chi connectivity index (χ2v) is 5.48. The molecule has 0 aliphatic rings. The summed E-state index contributed by atoms with van der Waals surface area (Å²) in [6.07, 6.45) is -0.127.